The van der Waals surface area contributed by atoms with Gasteiger partial charge in [0.15, 0.2) is 0 Å². The molecule has 0 aliphatic rings. The number of nitrogens with two attached hydrogens (primary N) is 2. The van der Waals surface area contributed by atoms with Gasteiger partial charge in [-0.1, -0.05) is 22.0 Å². The van der Waals surface area contributed by atoms with Crippen molar-refractivity contribution in [2.45, 2.75) is 6.54 Å². The zero-order chi connectivity index (χ0) is 13.8. The zero-order valence-electron chi connectivity index (χ0n) is 10.1. The highest BCUT2D eigenvalue weighted by Gasteiger charge is 2.07. The summed E-state index contributed by atoms with van der Waals surface area (Å²) in [6.45, 7) is 0.371. The van der Waals surface area contributed by atoms with Crippen molar-refractivity contribution in [2.75, 3.05) is 0 Å². The molecular weight excluding hydrogens is 308 g/mol. The molecule has 0 radical (unpaired) electrons. The Morgan fingerprint density at radius 3 is 2.42 bits per heavy atom. The van der Waals surface area contributed by atoms with Crippen LogP contribution in [-0.4, -0.2) is 5.91 Å². The SMILES string of the molecule is NCc1c(Br)cccc1Oc1ccc(C(N)=O)cc1. The second-order valence-electron chi connectivity index (χ2n) is 3.91. The van der Waals surface area contributed by atoms with Crippen LogP contribution in [0.25, 0.3) is 0 Å². The fourth-order valence-electron chi connectivity index (χ4n) is 1.65. The molecule has 0 saturated carbocycles. The minimum absolute atomic E-state index is 0.371. The first kappa shape index (κ1) is 13.6. The van der Waals surface area contributed by atoms with Gasteiger partial charge in [0.2, 0.25) is 5.91 Å². The van der Waals surface area contributed by atoms with Gasteiger partial charge in [0.25, 0.3) is 0 Å². The third-order valence-electron chi connectivity index (χ3n) is 2.65. The lowest BCUT2D eigenvalue weighted by Crippen LogP contribution is -2.10. The van der Waals surface area contributed by atoms with Crippen LogP contribution in [0.2, 0.25) is 0 Å². The summed E-state index contributed by atoms with van der Waals surface area (Å²) in [4.78, 5) is 11.0. The lowest BCUT2D eigenvalue weighted by atomic mass is 10.2. The van der Waals surface area contributed by atoms with Crippen molar-refractivity contribution in [3.8, 4) is 11.5 Å². The summed E-state index contributed by atoms with van der Waals surface area (Å²) in [7, 11) is 0. The standard InChI is InChI=1S/C14H13BrN2O2/c15-12-2-1-3-13(11(12)8-16)19-10-6-4-9(5-7-10)14(17)18/h1-7H,8,16H2,(H2,17,18). The number of halogens is 1. The number of hydrogen-bond acceptors (Lipinski definition) is 3. The highest BCUT2D eigenvalue weighted by Crippen LogP contribution is 2.30. The van der Waals surface area contributed by atoms with E-state index in [0.29, 0.717) is 23.6 Å². The molecule has 0 aliphatic carbocycles. The molecule has 0 spiro atoms. The van der Waals surface area contributed by atoms with Crippen molar-refractivity contribution < 1.29 is 9.53 Å². The van der Waals surface area contributed by atoms with Crippen LogP contribution in [0.15, 0.2) is 46.9 Å². The van der Waals surface area contributed by atoms with Crippen molar-refractivity contribution in [3.63, 3.8) is 0 Å². The molecule has 4 N–H and O–H groups in total. The number of rotatable bonds is 4. The lowest BCUT2D eigenvalue weighted by Gasteiger charge is -2.11. The van der Waals surface area contributed by atoms with E-state index in [4.69, 9.17) is 16.2 Å². The van der Waals surface area contributed by atoms with E-state index in [0.717, 1.165) is 10.0 Å². The van der Waals surface area contributed by atoms with Crippen LogP contribution in [0.1, 0.15) is 15.9 Å². The van der Waals surface area contributed by atoms with Crippen LogP contribution in [0.4, 0.5) is 0 Å². The first-order valence-electron chi connectivity index (χ1n) is 5.67. The van der Waals surface area contributed by atoms with Gasteiger partial charge in [-0.2, -0.15) is 0 Å². The predicted molar refractivity (Wildman–Crippen MR) is 77.1 cm³/mol. The summed E-state index contributed by atoms with van der Waals surface area (Å²) in [5, 5.41) is 0. The largest absolute Gasteiger partial charge is 0.457 e. The van der Waals surface area contributed by atoms with Crippen LogP contribution < -0.4 is 16.2 Å². The molecule has 0 bridgehead atoms. The molecular formula is C14H13BrN2O2. The Hall–Kier alpha value is -1.85. The van der Waals surface area contributed by atoms with Gasteiger partial charge in [0, 0.05) is 22.1 Å². The van der Waals surface area contributed by atoms with Gasteiger partial charge >= 0.3 is 0 Å². The van der Waals surface area contributed by atoms with Gasteiger partial charge in [-0.15, -0.1) is 0 Å². The maximum absolute atomic E-state index is 11.0. The normalized spacial score (nSPS) is 10.2. The number of carbonyl (C=O) groups is 1. The number of amides is 1. The molecule has 1 amide bonds. The Morgan fingerprint density at radius 2 is 1.84 bits per heavy atom. The maximum Gasteiger partial charge on any atom is 0.248 e. The first-order valence-corrected chi connectivity index (χ1v) is 6.46. The Kier molecular flexibility index (Phi) is 4.19. The van der Waals surface area contributed by atoms with Crippen molar-refractivity contribution in [3.05, 3.63) is 58.1 Å². The van der Waals surface area contributed by atoms with E-state index in [1.807, 2.05) is 18.2 Å². The molecule has 2 rings (SSSR count). The van der Waals surface area contributed by atoms with Gasteiger partial charge in [0.1, 0.15) is 11.5 Å². The molecule has 0 saturated heterocycles. The molecule has 2 aromatic rings. The molecule has 19 heavy (non-hydrogen) atoms. The number of carbonyl (C=O) groups excluding carboxylic acids is 1. The minimum Gasteiger partial charge on any atom is -0.457 e. The zero-order valence-corrected chi connectivity index (χ0v) is 11.7. The number of ether oxygens (including phenoxy) is 1. The Morgan fingerprint density at radius 1 is 1.16 bits per heavy atom. The van der Waals surface area contributed by atoms with Crippen molar-refractivity contribution in [1.29, 1.82) is 0 Å². The fourth-order valence-corrected chi connectivity index (χ4v) is 2.16. The highest BCUT2D eigenvalue weighted by atomic mass is 79.9. The van der Waals surface area contributed by atoms with Crippen molar-refractivity contribution in [1.82, 2.24) is 0 Å². The van der Waals surface area contributed by atoms with Crippen molar-refractivity contribution >= 4 is 21.8 Å². The summed E-state index contributed by atoms with van der Waals surface area (Å²) in [5.41, 5.74) is 12.2. The van der Waals surface area contributed by atoms with Crippen LogP contribution >= 0.6 is 15.9 Å². The van der Waals surface area contributed by atoms with Gasteiger partial charge in [-0.25, -0.2) is 0 Å². The molecule has 0 unspecified atom stereocenters. The molecule has 0 heterocycles. The average molecular weight is 321 g/mol. The summed E-state index contributed by atoms with van der Waals surface area (Å²) in [6.07, 6.45) is 0. The van der Waals surface area contributed by atoms with Crippen LogP contribution in [0, 0.1) is 0 Å². The summed E-state index contributed by atoms with van der Waals surface area (Å²) in [6, 6.07) is 12.3. The summed E-state index contributed by atoms with van der Waals surface area (Å²) in [5.74, 6) is 0.846. The number of primary amides is 1. The van der Waals surface area contributed by atoms with Gasteiger partial charge in [-0.3, -0.25) is 4.79 Å². The topological polar surface area (TPSA) is 78.3 Å². The molecule has 0 aliphatic heterocycles. The van der Waals surface area contributed by atoms with E-state index in [9.17, 15) is 4.79 Å². The third-order valence-corrected chi connectivity index (χ3v) is 3.39. The molecule has 2 aromatic carbocycles. The van der Waals surface area contributed by atoms with E-state index in [1.54, 1.807) is 24.3 Å². The molecule has 5 heteroatoms. The van der Waals surface area contributed by atoms with Crippen LogP contribution in [-0.2, 0) is 6.54 Å². The number of hydrogen-bond donors (Lipinski definition) is 2. The molecule has 0 atom stereocenters. The van der Waals surface area contributed by atoms with E-state index in [2.05, 4.69) is 15.9 Å². The minimum atomic E-state index is -0.461. The van der Waals surface area contributed by atoms with E-state index >= 15 is 0 Å². The van der Waals surface area contributed by atoms with Crippen molar-refractivity contribution in [2.24, 2.45) is 11.5 Å². The molecule has 0 fully saturated rings. The van der Waals surface area contributed by atoms with Gasteiger partial charge in [-0.05, 0) is 36.4 Å². The van der Waals surface area contributed by atoms with Crippen LogP contribution in [0.3, 0.4) is 0 Å². The molecule has 0 aromatic heterocycles. The van der Waals surface area contributed by atoms with E-state index in [-0.39, 0.29) is 0 Å². The summed E-state index contributed by atoms with van der Waals surface area (Å²) < 4.78 is 6.66. The first-order chi connectivity index (χ1) is 9.11. The second-order valence-corrected chi connectivity index (χ2v) is 4.77. The lowest BCUT2D eigenvalue weighted by molar-refractivity contribution is 0.100. The summed E-state index contributed by atoms with van der Waals surface area (Å²) >= 11 is 3.43. The quantitative estimate of drug-likeness (QED) is 0.909. The second kappa shape index (κ2) is 5.86. The monoisotopic (exact) mass is 320 g/mol. The van der Waals surface area contributed by atoms with E-state index < -0.39 is 5.91 Å². The highest BCUT2D eigenvalue weighted by molar-refractivity contribution is 9.10. The predicted octanol–water partition coefficient (Wildman–Crippen LogP) is 2.80. The van der Waals surface area contributed by atoms with Gasteiger partial charge < -0.3 is 16.2 Å². The maximum atomic E-state index is 11.0. The average Bonchev–Trinajstić information content (AvgIpc) is 2.39. The fraction of sp³-hybridized carbons (Fsp3) is 0.0714. The van der Waals surface area contributed by atoms with E-state index in [1.165, 1.54) is 0 Å². The van der Waals surface area contributed by atoms with Crippen LogP contribution in [0.5, 0.6) is 11.5 Å². The molecule has 98 valence electrons. The smallest absolute Gasteiger partial charge is 0.248 e. The molecule has 4 nitrogen and oxygen atoms in total. The Labute approximate surface area is 119 Å². The third kappa shape index (κ3) is 3.13. The Bertz CT molecular complexity index is 597. The van der Waals surface area contributed by atoms with Gasteiger partial charge in [0.05, 0.1) is 0 Å². The Balaban J connectivity index is 2.26. The number of benzene rings is 2.